The van der Waals surface area contributed by atoms with E-state index in [2.05, 4.69) is 31.1 Å². The van der Waals surface area contributed by atoms with Crippen LogP contribution in [0.4, 0.5) is 0 Å². The van der Waals surface area contributed by atoms with Gasteiger partial charge in [-0.3, -0.25) is 5.10 Å². The second-order valence-electron chi connectivity index (χ2n) is 3.69. The van der Waals surface area contributed by atoms with Gasteiger partial charge in [-0.2, -0.15) is 5.10 Å². The zero-order valence-electron chi connectivity index (χ0n) is 9.01. The third-order valence-electron chi connectivity index (χ3n) is 2.01. The van der Waals surface area contributed by atoms with Gasteiger partial charge in [0, 0.05) is 16.3 Å². The van der Waals surface area contributed by atoms with Crippen LogP contribution in [0.25, 0.3) is 11.4 Å². The molecule has 0 radical (unpaired) electrons. The fourth-order valence-electron chi connectivity index (χ4n) is 1.36. The molecule has 0 spiro atoms. The second-order valence-corrected chi connectivity index (χ2v) is 6.74. The molecule has 1 aromatic heterocycles. The van der Waals surface area contributed by atoms with Gasteiger partial charge in [-0.05, 0) is 12.1 Å². The van der Waals surface area contributed by atoms with Crippen LogP contribution < -0.4 is 0 Å². The number of halogens is 1. The molecule has 17 heavy (non-hydrogen) atoms. The van der Waals surface area contributed by atoms with E-state index in [9.17, 15) is 8.42 Å². The van der Waals surface area contributed by atoms with E-state index >= 15 is 0 Å². The average molecular weight is 316 g/mol. The number of aromatic amines is 1. The minimum atomic E-state index is -3.10. The Hall–Kier alpha value is -1.21. The number of aromatic nitrogens is 3. The summed E-state index contributed by atoms with van der Waals surface area (Å²) in [4.78, 5) is 4.14. The van der Waals surface area contributed by atoms with Crippen LogP contribution in [-0.4, -0.2) is 29.9 Å². The summed E-state index contributed by atoms with van der Waals surface area (Å²) in [6.07, 6.45) is 1.16. The first-order chi connectivity index (χ1) is 7.94. The van der Waals surface area contributed by atoms with Crippen molar-refractivity contribution in [2.45, 2.75) is 5.75 Å². The van der Waals surface area contributed by atoms with Gasteiger partial charge in [-0.15, -0.1) is 0 Å². The quantitative estimate of drug-likeness (QED) is 0.936. The van der Waals surface area contributed by atoms with Crippen LogP contribution >= 0.6 is 15.9 Å². The fourth-order valence-corrected chi connectivity index (χ4v) is 2.39. The van der Waals surface area contributed by atoms with Crippen LogP contribution in [0.1, 0.15) is 5.82 Å². The van der Waals surface area contributed by atoms with E-state index in [0.29, 0.717) is 11.6 Å². The van der Waals surface area contributed by atoms with Gasteiger partial charge in [-0.1, -0.05) is 28.1 Å². The van der Waals surface area contributed by atoms with Crippen molar-refractivity contribution in [2.75, 3.05) is 6.26 Å². The van der Waals surface area contributed by atoms with Gasteiger partial charge in [0.25, 0.3) is 0 Å². The smallest absolute Gasteiger partial charge is 0.181 e. The molecule has 0 bridgehead atoms. The largest absolute Gasteiger partial charge is 0.262 e. The minimum Gasteiger partial charge on any atom is -0.262 e. The number of sulfone groups is 1. The molecule has 0 amide bonds. The number of nitrogens with one attached hydrogen (secondary N) is 1. The third kappa shape index (κ3) is 3.37. The lowest BCUT2D eigenvalue weighted by Gasteiger charge is -1.95. The lowest BCUT2D eigenvalue weighted by Crippen LogP contribution is -2.02. The molecule has 7 heteroatoms. The molecule has 0 aliphatic carbocycles. The molecule has 2 rings (SSSR count). The molecule has 2 aromatic rings. The fraction of sp³-hybridized carbons (Fsp3) is 0.200. The highest BCUT2D eigenvalue weighted by atomic mass is 79.9. The summed E-state index contributed by atoms with van der Waals surface area (Å²) in [5.41, 5.74) is 0.829. The molecular weight excluding hydrogens is 306 g/mol. The van der Waals surface area contributed by atoms with Crippen LogP contribution in [0, 0.1) is 0 Å². The Kier molecular flexibility index (Phi) is 3.30. The number of rotatable bonds is 3. The highest BCUT2D eigenvalue weighted by molar-refractivity contribution is 9.10. The average Bonchev–Trinajstić information content (AvgIpc) is 2.63. The van der Waals surface area contributed by atoms with Crippen LogP contribution in [0.3, 0.4) is 0 Å². The number of nitrogens with zero attached hydrogens (tertiary/aromatic N) is 2. The molecule has 90 valence electrons. The van der Waals surface area contributed by atoms with Gasteiger partial charge in [0.05, 0.1) is 0 Å². The molecule has 5 nitrogen and oxygen atoms in total. The predicted molar refractivity (Wildman–Crippen MR) is 68.1 cm³/mol. The molecule has 1 heterocycles. The van der Waals surface area contributed by atoms with Crippen molar-refractivity contribution in [1.29, 1.82) is 0 Å². The topological polar surface area (TPSA) is 75.7 Å². The van der Waals surface area contributed by atoms with Crippen LogP contribution in [-0.2, 0) is 15.6 Å². The van der Waals surface area contributed by atoms with Crippen molar-refractivity contribution >= 4 is 25.8 Å². The Morgan fingerprint density at radius 1 is 1.41 bits per heavy atom. The zero-order valence-corrected chi connectivity index (χ0v) is 11.4. The van der Waals surface area contributed by atoms with Gasteiger partial charge in [0.15, 0.2) is 15.7 Å². The van der Waals surface area contributed by atoms with E-state index < -0.39 is 9.84 Å². The number of hydrogen-bond donors (Lipinski definition) is 1. The van der Waals surface area contributed by atoms with Crippen molar-refractivity contribution in [3.8, 4) is 11.4 Å². The van der Waals surface area contributed by atoms with Gasteiger partial charge in [0.1, 0.15) is 11.6 Å². The second kappa shape index (κ2) is 4.58. The van der Waals surface area contributed by atoms with Crippen molar-refractivity contribution in [2.24, 2.45) is 0 Å². The molecule has 1 N–H and O–H groups in total. The Bertz CT molecular complexity index is 637. The van der Waals surface area contributed by atoms with Crippen molar-refractivity contribution in [3.63, 3.8) is 0 Å². The molecule has 0 saturated carbocycles. The summed E-state index contributed by atoms with van der Waals surface area (Å²) in [6, 6.07) is 7.49. The van der Waals surface area contributed by atoms with E-state index in [-0.39, 0.29) is 5.75 Å². The maximum atomic E-state index is 11.1. The van der Waals surface area contributed by atoms with E-state index in [1.807, 2.05) is 24.3 Å². The zero-order chi connectivity index (χ0) is 12.5. The van der Waals surface area contributed by atoms with E-state index in [4.69, 9.17) is 0 Å². The van der Waals surface area contributed by atoms with Crippen molar-refractivity contribution < 1.29 is 8.42 Å². The van der Waals surface area contributed by atoms with E-state index in [1.165, 1.54) is 0 Å². The number of benzene rings is 1. The molecule has 0 fully saturated rings. The summed E-state index contributed by atoms with van der Waals surface area (Å²) < 4.78 is 23.1. The van der Waals surface area contributed by atoms with Gasteiger partial charge in [-0.25, -0.2) is 13.4 Å². The first-order valence-corrected chi connectivity index (χ1v) is 7.64. The van der Waals surface area contributed by atoms with Crippen LogP contribution in [0.5, 0.6) is 0 Å². The summed E-state index contributed by atoms with van der Waals surface area (Å²) in [6.45, 7) is 0. The molecule has 1 aromatic carbocycles. The molecule has 0 saturated heterocycles. The first kappa shape index (κ1) is 12.3. The highest BCUT2D eigenvalue weighted by Gasteiger charge is 2.10. The van der Waals surface area contributed by atoms with E-state index in [1.54, 1.807) is 0 Å². The Balaban J connectivity index is 2.30. The predicted octanol–water partition coefficient (Wildman–Crippen LogP) is 1.78. The lowest BCUT2D eigenvalue weighted by atomic mass is 10.2. The van der Waals surface area contributed by atoms with Gasteiger partial charge in [0.2, 0.25) is 0 Å². The summed E-state index contributed by atoms with van der Waals surface area (Å²) in [5.74, 6) is 0.709. The Morgan fingerprint density at radius 2 is 2.18 bits per heavy atom. The maximum absolute atomic E-state index is 11.1. The Labute approximate surface area is 107 Å². The minimum absolute atomic E-state index is 0.131. The van der Waals surface area contributed by atoms with Gasteiger partial charge < -0.3 is 0 Å². The Morgan fingerprint density at radius 3 is 2.82 bits per heavy atom. The molecule has 0 aliphatic heterocycles. The number of H-pyrrole nitrogens is 1. The molecule has 0 aliphatic rings. The number of hydrogen-bond acceptors (Lipinski definition) is 4. The molecular formula is C10H10BrN3O2S. The highest BCUT2D eigenvalue weighted by Crippen LogP contribution is 2.19. The summed E-state index contributed by atoms with van der Waals surface area (Å²) >= 11 is 3.35. The third-order valence-corrected chi connectivity index (χ3v) is 3.30. The van der Waals surface area contributed by atoms with Crippen molar-refractivity contribution in [1.82, 2.24) is 15.2 Å². The molecule has 0 unspecified atom stereocenters. The summed E-state index contributed by atoms with van der Waals surface area (Å²) in [7, 11) is -3.10. The lowest BCUT2D eigenvalue weighted by molar-refractivity contribution is 0.599. The standard InChI is InChI=1S/C10H10BrN3O2S/c1-17(15,16)6-9-12-10(14-13-9)7-3-2-4-8(11)5-7/h2-5H,6H2,1H3,(H,12,13,14). The van der Waals surface area contributed by atoms with Crippen LogP contribution in [0.2, 0.25) is 0 Å². The molecule has 0 atom stereocenters. The SMILES string of the molecule is CS(=O)(=O)Cc1nc(-c2cccc(Br)c2)n[nH]1. The van der Waals surface area contributed by atoms with Gasteiger partial charge >= 0.3 is 0 Å². The maximum Gasteiger partial charge on any atom is 0.181 e. The monoisotopic (exact) mass is 315 g/mol. The first-order valence-electron chi connectivity index (χ1n) is 4.79. The normalized spacial score (nSPS) is 11.6. The van der Waals surface area contributed by atoms with E-state index in [0.717, 1.165) is 16.3 Å². The van der Waals surface area contributed by atoms with Crippen molar-refractivity contribution in [3.05, 3.63) is 34.6 Å². The van der Waals surface area contributed by atoms with Crippen LogP contribution in [0.15, 0.2) is 28.7 Å². The summed E-state index contributed by atoms with van der Waals surface area (Å²) in [5, 5.41) is 6.61.